The van der Waals surface area contributed by atoms with Gasteiger partial charge in [-0.05, 0) is 19.4 Å². The molecule has 1 N–H and O–H groups in total. The fourth-order valence-electron chi connectivity index (χ4n) is 2.63. The van der Waals surface area contributed by atoms with Crippen molar-refractivity contribution in [1.29, 1.82) is 0 Å². The number of carbonyl (C=O) groups excluding carboxylic acids is 1. The van der Waals surface area contributed by atoms with Crippen molar-refractivity contribution in [3.63, 3.8) is 0 Å². The number of ether oxygens (including phenoxy) is 1. The van der Waals surface area contributed by atoms with E-state index in [-0.39, 0.29) is 11.9 Å². The van der Waals surface area contributed by atoms with Gasteiger partial charge >= 0.3 is 0 Å². The minimum Gasteiger partial charge on any atom is -0.496 e. The number of methoxy groups -OCH3 is 1. The van der Waals surface area contributed by atoms with E-state index in [1.165, 1.54) is 0 Å². The van der Waals surface area contributed by atoms with Crippen LogP contribution in [0.15, 0.2) is 24.3 Å². The largest absolute Gasteiger partial charge is 0.496 e. The van der Waals surface area contributed by atoms with Crippen molar-refractivity contribution in [3.8, 4) is 5.75 Å². The van der Waals surface area contributed by atoms with Crippen molar-refractivity contribution in [2.75, 3.05) is 13.7 Å². The summed E-state index contributed by atoms with van der Waals surface area (Å²) in [6, 6.07) is 7.63. The van der Waals surface area contributed by atoms with Gasteiger partial charge in [0.25, 0.3) is 5.91 Å². The molecule has 0 aliphatic rings. The fraction of sp³-hybridized carbons (Fsp3) is 0.556. The topological polar surface area (TPSA) is 41.3 Å². The van der Waals surface area contributed by atoms with Crippen LogP contribution in [0, 0.1) is 5.92 Å². The molecule has 1 amide bonds. The van der Waals surface area contributed by atoms with Gasteiger partial charge in [-0.2, -0.15) is 0 Å². The Labute approximate surface area is 134 Å². The number of hydrogen-bond donors (Lipinski definition) is 1. The average Bonchev–Trinajstić information content (AvgIpc) is 2.56. The Morgan fingerprint density at radius 3 is 2.59 bits per heavy atom. The van der Waals surface area contributed by atoms with Crippen LogP contribution in [0.25, 0.3) is 0 Å². The first kappa shape index (κ1) is 18.2. The van der Waals surface area contributed by atoms with E-state index in [0.717, 1.165) is 24.3 Å². The van der Waals surface area contributed by atoms with Crippen molar-refractivity contribution in [2.24, 2.45) is 5.92 Å². The van der Waals surface area contributed by atoms with Gasteiger partial charge in [-0.1, -0.05) is 32.0 Å². The molecular weight excluding hydrogens is 276 g/mol. The lowest BCUT2D eigenvalue weighted by molar-refractivity contribution is -0.553. The molecule has 4 nitrogen and oxygen atoms in total. The summed E-state index contributed by atoms with van der Waals surface area (Å²) in [6.07, 6.45) is 2.97. The third kappa shape index (κ3) is 4.58. The van der Waals surface area contributed by atoms with Crippen LogP contribution in [-0.4, -0.2) is 36.4 Å². The first-order valence-electron chi connectivity index (χ1n) is 8.03. The molecule has 0 spiro atoms. The predicted molar refractivity (Wildman–Crippen MR) is 90.6 cm³/mol. The molecule has 0 aromatic heterocycles. The summed E-state index contributed by atoms with van der Waals surface area (Å²) in [6.45, 7) is 9.61. The van der Waals surface area contributed by atoms with Gasteiger partial charge in [-0.3, -0.25) is 4.79 Å². The summed E-state index contributed by atoms with van der Waals surface area (Å²) >= 11 is 0. The number of nitrogens with one attached hydrogen (secondary N) is 1. The zero-order valence-electron chi connectivity index (χ0n) is 14.4. The Hall–Kier alpha value is -1.84. The molecule has 0 heterocycles. The van der Waals surface area contributed by atoms with Gasteiger partial charge < -0.3 is 10.1 Å². The van der Waals surface area contributed by atoms with Gasteiger partial charge in [0.15, 0.2) is 0 Å². The van der Waals surface area contributed by atoms with Crippen molar-refractivity contribution in [2.45, 2.75) is 46.7 Å². The molecule has 0 radical (unpaired) electrons. The Morgan fingerprint density at radius 2 is 2.05 bits per heavy atom. The van der Waals surface area contributed by atoms with E-state index in [9.17, 15) is 4.79 Å². The van der Waals surface area contributed by atoms with Crippen LogP contribution in [0.2, 0.25) is 0 Å². The zero-order valence-corrected chi connectivity index (χ0v) is 14.4. The lowest BCUT2D eigenvalue weighted by atomic mass is 9.97. The maximum Gasteiger partial charge on any atom is 0.289 e. The Bertz CT molecular complexity index is 512. The highest BCUT2D eigenvalue weighted by atomic mass is 16.5. The molecule has 22 heavy (non-hydrogen) atoms. The number of likely N-dealkylation sites (N-methyl/N-ethyl adjacent to an activating group) is 1. The van der Waals surface area contributed by atoms with E-state index < -0.39 is 0 Å². The molecule has 0 bridgehead atoms. The standard InChI is InChI=1S/C18H28N2O2/c1-6-14(4)17(20(7-2)8-3)18(21)19-13-15-11-9-10-12-16(15)22-5/h7,9-12,14,17H,6,8,13H2,1-5H3/p+1. The number of benzene rings is 1. The van der Waals surface area contributed by atoms with Gasteiger partial charge in [0.2, 0.25) is 6.04 Å². The van der Waals surface area contributed by atoms with Crippen LogP contribution >= 0.6 is 0 Å². The highest BCUT2D eigenvalue weighted by Gasteiger charge is 2.32. The molecule has 4 heteroatoms. The van der Waals surface area contributed by atoms with Gasteiger partial charge in [0.05, 0.1) is 7.11 Å². The average molecular weight is 305 g/mol. The first-order valence-corrected chi connectivity index (χ1v) is 8.03. The fourth-order valence-corrected chi connectivity index (χ4v) is 2.63. The summed E-state index contributed by atoms with van der Waals surface area (Å²) in [5.41, 5.74) is 0.991. The van der Waals surface area contributed by atoms with Crippen molar-refractivity contribution < 1.29 is 14.1 Å². The van der Waals surface area contributed by atoms with Crippen LogP contribution in [-0.2, 0) is 11.3 Å². The maximum atomic E-state index is 12.7. The third-order valence-electron chi connectivity index (χ3n) is 4.15. The van der Waals surface area contributed by atoms with Gasteiger partial charge in [0.1, 0.15) is 18.5 Å². The second-order valence-corrected chi connectivity index (χ2v) is 5.45. The number of carbonyl (C=O) groups is 1. The number of hydrogen-bond acceptors (Lipinski definition) is 2. The van der Waals surface area contributed by atoms with Crippen LogP contribution < -0.4 is 10.1 Å². The summed E-state index contributed by atoms with van der Waals surface area (Å²) < 4.78 is 7.43. The van der Waals surface area contributed by atoms with Crippen molar-refractivity contribution in [1.82, 2.24) is 5.32 Å². The molecule has 0 aliphatic heterocycles. The molecule has 0 saturated heterocycles. The molecule has 1 rings (SSSR count). The zero-order chi connectivity index (χ0) is 16.5. The van der Waals surface area contributed by atoms with Crippen LogP contribution in [0.5, 0.6) is 5.75 Å². The molecule has 2 atom stereocenters. The molecular formula is C18H29N2O2+. The van der Waals surface area contributed by atoms with Crippen LogP contribution in [0.3, 0.4) is 0 Å². The highest BCUT2D eigenvalue weighted by Crippen LogP contribution is 2.17. The lowest BCUT2D eigenvalue weighted by Crippen LogP contribution is -2.46. The monoisotopic (exact) mass is 305 g/mol. The van der Waals surface area contributed by atoms with Crippen molar-refractivity contribution >= 4 is 12.1 Å². The maximum absolute atomic E-state index is 12.7. The normalized spacial score (nSPS) is 14.3. The minimum absolute atomic E-state index is 0.0696. The third-order valence-corrected chi connectivity index (χ3v) is 4.15. The summed E-state index contributed by atoms with van der Waals surface area (Å²) in [5, 5.41) is 3.06. The van der Waals surface area contributed by atoms with E-state index in [1.54, 1.807) is 7.11 Å². The second-order valence-electron chi connectivity index (χ2n) is 5.45. The Kier molecular flexibility index (Phi) is 7.64. The van der Waals surface area contributed by atoms with E-state index in [0.29, 0.717) is 12.5 Å². The minimum atomic E-state index is -0.130. The summed E-state index contributed by atoms with van der Waals surface area (Å²) in [4.78, 5) is 12.7. The Balaban J connectivity index is 2.83. The second kappa shape index (κ2) is 9.23. The number of amides is 1. The van der Waals surface area contributed by atoms with Gasteiger partial charge in [-0.25, -0.2) is 4.58 Å². The summed E-state index contributed by atoms with van der Waals surface area (Å²) in [7, 11) is 1.65. The van der Waals surface area contributed by atoms with Gasteiger partial charge in [0, 0.05) is 24.9 Å². The van der Waals surface area contributed by atoms with E-state index in [2.05, 4.69) is 30.7 Å². The molecule has 0 saturated carbocycles. The number of rotatable bonds is 8. The van der Waals surface area contributed by atoms with E-state index >= 15 is 0 Å². The van der Waals surface area contributed by atoms with E-state index in [1.807, 2.05) is 37.4 Å². The molecule has 1 aromatic carbocycles. The van der Waals surface area contributed by atoms with Crippen LogP contribution in [0.4, 0.5) is 0 Å². The van der Waals surface area contributed by atoms with Crippen molar-refractivity contribution in [3.05, 3.63) is 29.8 Å². The quantitative estimate of drug-likeness (QED) is 0.593. The van der Waals surface area contributed by atoms with Gasteiger partial charge in [-0.15, -0.1) is 0 Å². The molecule has 122 valence electrons. The summed E-state index contributed by atoms with van der Waals surface area (Å²) in [5.74, 6) is 1.17. The molecule has 0 fully saturated rings. The predicted octanol–water partition coefficient (Wildman–Crippen LogP) is 2.85. The van der Waals surface area contributed by atoms with Crippen LogP contribution in [0.1, 0.15) is 39.7 Å². The number of nitrogens with zero attached hydrogens (tertiary/aromatic N) is 1. The highest BCUT2D eigenvalue weighted by molar-refractivity contribution is 5.81. The first-order chi connectivity index (χ1) is 10.6. The van der Waals surface area contributed by atoms with E-state index in [4.69, 9.17) is 4.74 Å². The smallest absolute Gasteiger partial charge is 0.289 e. The lowest BCUT2D eigenvalue weighted by Gasteiger charge is -2.20. The molecule has 0 aliphatic carbocycles. The number of para-hydroxylation sites is 1. The molecule has 2 unspecified atom stereocenters. The Morgan fingerprint density at radius 1 is 1.36 bits per heavy atom. The molecule has 1 aromatic rings. The SMILES string of the molecule is CC=[N+](CC)C(C(=O)NCc1ccccc1OC)C(C)CC.